The van der Waals surface area contributed by atoms with Crippen LogP contribution in [-0.4, -0.2) is 15.5 Å². The summed E-state index contributed by atoms with van der Waals surface area (Å²) in [5.41, 5.74) is -0.413. The molecule has 0 saturated carbocycles. The number of furan rings is 1. The molecule has 3 nitrogen and oxygen atoms in total. The quantitative estimate of drug-likeness (QED) is 0.611. The van der Waals surface area contributed by atoms with Gasteiger partial charge in [0.25, 0.3) is 0 Å². The number of rotatable bonds is 2. The SMILES string of the molecule is CC(C)(C)[S@+]([O-])N=Cc1cc2cc(C(F)(F)F)ccc2o1. The van der Waals surface area contributed by atoms with E-state index in [9.17, 15) is 17.7 Å². The van der Waals surface area contributed by atoms with E-state index in [2.05, 4.69) is 4.40 Å². The Hall–Kier alpha value is -1.47. The zero-order chi connectivity index (χ0) is 15.8. The van der Waals surface area contributed by atoms with Crippen LogP contribution in [0.15, 0.2) is 33.1 Å². The maximum atomic E-state index is 12.6. The highest BCUT2D eigenvalue weighted by atomic mass is 32.2. The van der Waals surface area contributed by atoms with Crippen LogP contribution in [0.2, 0.25) is 0 Å². The van der Waals surface area contributed by atoms with E-state index in [0.29, 0.717) is 11.0 Å². The van der Waals surface area contributed by atoms with E-state index in [1.54, 1.807) is 20.8 Å². The lowest BCUT2D eigenvalue weighted by atomic mass is 10.1. The lowest BCUT2D eigenvalue weighted by Gasteiger charge is -2.17. The summed E-state index contributed by atoms with van der Waals surface area (Å²) in [4.78, 5) is 0. The van der Waals surface area contributed by atoms with Crippen molar-refractivity contribution in [3.8, 4) is 0 Å². The zero-order valence-corrected chi connectivity index (χ0v) is 12.5. The van der Waals surface area contributed by atoms with Crippen molar-refractivity contribution in [2.75, 3.05) is 0 Å². The molecule has 0 aliphatic carbocycles. The molecule has 1 aromatic heterocycles. The fourth-order valence-corrected chi connectivity index (χ4v) is 2.08. The molecule has 0 fully saturated rings. The van der Waals surface area contributed by atoms with Crippen molar-refractivity contribution >= 4 is 28.5 Å². The molecule has 0 aliphatic rings. The fourth-order valence-electron chi connectivity index (χ4n) is 1.56. The predicted molar refractivity (Wildman–Crippen MR) is 76.7 cm³/mol. The minimum absolute atomic E-state index is 0.266. The first-order valence-electron chi connectivity index (χ1n) is 6.14. The van der Waals surface area contributed by atoms with E-state index in [1.807, 2.05) is 0 Å². The van der Waals surface area contributed by atoms with Gasteiger partial charge in [-0.1, -0.05) is 4.40 Å². The molecule has 0 bridgehead atoms. The summed E-state index contributed by atoms with van der Waals surface area (Å²) in [6.07, 6.45) is -3.12. The Balaban J connectivity index is 2.30. The predicted octanol–water partition coefficient (Wildman–Crippen LogP) is 4.33. The standard InChI is InChI=1S/C14H14F3NO2S/c1-13(2,3)21(19)18-8-11-7-9-6-10(14(15,16)17)4-5-12(9)20-11/h4-8H,1-3H3/t21-/m0/s1. The van der Waals surface area contributed by atoms with Crippen molar-refractivity contribution in [3.63, 3.8) is 0 Å². The number of halogens is 3. The van der Waals surface area contributed by atoms with E-state index in [0.717, 1.165) is 12.1 Å². The fraction of sp³-hybridized carbons (Fsp3) is 0.357. The Morgan fingerprint density at radius 1 is 1.19 bits per heavy atom. The lowest BCUT2D eigenvalue weighted by Crippen LogP contribution is -2.25. The van der Waals surface area contributed by atoms with E-state index >= 15 is 0 Å². The number of hydrogen-bond donors (Lipinski definition) is 0. The summed E-state index contributed by atoms with van der Waals surface area (Å²) in [5.74, 6) is 0.266. The van der Waals surface area contributed by atoms with Gasteiger partial charge in [-0.25, -0.2) is 0 Å². The van der Waals surface area contributed by atoms with Crippen LogP contribution in [0.25, 0.3) is 11.0 Å². The van der Waals surface area contributed by atoms with Crippen LogP contribution in [0, 0.1) is 0 Å². The number of hydrogen-bond acceptors (Lipinski definition) is 3. The Morgan fingerprint density at radius 3 is 2.43 bits per heavy atom. The Bertz CT molecular complexity index is 671. The molecule has 0 spiro atoms. The van der Waals surface area contributed by atoms with Gasteiger partial charge in [-0.2, -0.15) is 13.2 Å². The highest BCUT2D eigenvalue weighted by Crippen LogP contribution is 2.32. The van der Waals surface area contributed by atoms with Crippen molar-refractivity contribution in [2.45, 2.75) is 31.7 Å². The maximum absolute atomic E-state index is 12.6. The summed E-state index contributed by atoms with van der Waals surface area (Å²) < 4.78 is 58.3. The summed E-state index contributed by atoms with van der Waals surface area (Å²) in [6.45, 7) is 5.32. The molecular weight excluding hydrogens is 303 g/mol. The second kappa shape index (κ2) is 5.38. The molecule has 1 heterocycles. The van der Waals surface area contributed by atoms with Crippen LogP contribution < -0.4 is 0 Å². The highest BCUT2D eigenvalue weighted by Gasteiger charge is 2.30. The first-order valence-corrected chi connectivity index (χ1v) is 7.25. The Labute approximate surface area is 123 Å². The van der Waals surface area contributed by atoms with Crippen LogP contribution in [0.3, 0.4) is 0 Å². The molecule has 1 atom stereocenters. The number of benzene rings is 1. The van der Waals surface area contributed by atoms with Gasteiger partial charge in [-0.3, -0.25) is 0 Å². The molecule has 0 saturated heterocycles. The molecule has 0 unspecified atom stereocenters. The van der Waals surface area contributed by atoms with Gasteiger partial charge in [0.1, 0.15) is 27.9 Å². The summed E-state index contributed by atoms with van der Waals surface area (Å²) in [6, 6.07) is 4.67. The molecule has 0 amide bonds. The second-order valence-electron chi connectivity index (χ2n) is 5.50. The van der Waals surface area contributed by atoms with Crippen LogP contribution in [-0.2, 0) is 17.5 Å². The van der Waals surface area contributed by atoms with Crippen LogP contribution in [0.4, 0.5) is 13.2 Å². The summed E-state index contributed by atoms with van der Waals surface area (Å²) >= 11 is -1.45. The molecule has 0 radical (unpaired) electrons. The van der Waals surface area contributed by atoms with Gasteiger partial charge in [-0.15, -0.1) is 0 Å². The lowest BCUT2D eigenvalue weighted by molar-refractivity contribution is -0.137. The van der Waals surface area contributed by atoms with Gasteiger partial charge < -0.3 is 8.97 Å². The Morgan fingerprint density at radius 2 is 1.86 bits per heavy atom. The zero-order valence-electron chi connectivity index (χ0n) is 11.7. The minimum Gasteiger partial charge on any atom is -0.591 e. The topological polar surface area (TPSA) is 48.6 Å². The minimum atomic E-state index is -4.40. The molecule has 2 aromatic rings. The van der Waals surface area contributed by atoms with Gasteiger partial charge >= 0.3 is 6.18 Å². The Kier molecular flexibility index (Phi) is 4.08. The monoisotopic (exact) mass is 317 g/mol. The largest absolute Gasteiger partial charge is 0.591 e. The van der Waals surface area contributed by atoms with Gasteiger partial charge in [0, 0.05) is 5.39 Å². The third kappa shape index (κ3) is 3.79. The van der Waals surface area contributed by atoms with E-state index in [-0.39, 0.29) is 5.76 Å². The number of alkyl halides is 3. The van der Waals surface area contributed by atoms with Gasteiger partial charge in [0.15, 0.2) is 5.76 Å². The van der Waals surface area contributed by atoms with E-state index in [4.69, 9.17) is 4.42 Å². The van der Waals surface area contributed by atoms with Crippen LogP contribution >= 0.6 is 0 Å². The van der Waals surface area contributed by atoms with E-state index in [1.165, 1.54) is 18.3 Å². The van der Waals surface area contributed by atoms with Crippen LogP contribution in [0.1, 0.15) is 32.1 Å². The first-order chi connectivity index (χ1) is 9.57. The second-order valence-corrected chi connectivity index (χ2v) is 7.43. The van der Waals surface area contributed by atoms with Gasteiger partial charge in [0.05, 0.1) is 5.56 Å². The normalized spacial score (nSPS) is 15.0. The van der Waals surface area contributed by atoms with Crippen molar-refractivity contribution in [3.05, 3.63) is 35.6 Å². The van der Waals surface area contributed by atoms with Gasteiger partial charge in [0.2, 0.25) is 0 Å². The van der Waals surface area contributed by atoms with Crippen molar-refractivity contribution in [1.82, 2.24) is 0 Å². The summed E-state index contributed by atoms with van der Waals surface area (Å²) in [5, 5.41) is 0.327. The molecule has 21 heavy (non-hydrogen) atoms. The smallest absolute Gasteiger partial charge is 0.416 e. The molecule has 7 heteroatoms. The first kappa shape index (κ1) is 15.9. The average Bonchev–Trinajstić information content (AvgIpc) is 2.75. The maximum Gasteiger partial charge on any atom is 0.416 e. The third-order valence-corrected chi connectivity index (χ3v) is 4.01. The summed E-state index contributed by atoms with van der Waals surface area (Å²) in [7, 11) is 0. The van der Waals surface area contributed by atoms with Crippen molar-refractivity contribution < 1.29 is 22.1 Å². The molecule has 2 rings (SSSR count). The van der Waals surface area contributed by atoms with Crippen molar-refractivity contribution in [2.24, 2.45) is 4.40 Å². The average molecular weight is 317 g/mol. The van der Waals surface area contributed by atoms with Crippen molar-refractivity contribution in [1.29, 1.82) is 0 Å². The third-order valence-electron chi connectivity index (χ3n) is 2.66. The van der Waals surface area contributed by atoms with Crippen LogP contribution in [0.5, 0.6) is 0 Å². The molecule has 0 N–H and O–H groups in total. The molecule has 114 valence electrons. The molecular formula is C14H14F3NO2S. The number of nitrogens with zero attached hydrogens (tertiary/aromatic N) is 1. The van der Waals surface area contributed by atoms with Gasteiger partial charge in [-0.05, 0) is 45.0 Å². The van der Waals surface area contributed by atoms with E-state index < -0.39 is 27.8 Å². The molecule has 1 aromatic carbocycles. The molecule has 0 aliphatic heterocycles. The number of fused-ring (bicyclic) bond motifs is 1. The highest BCUT2D eigenvalue weighted by molar-refractivity contribution is 7.91.